The molecule has 1 amide bonds. The molecule has 0 aliphatic rings. The summed E-state index contributed by atoms with van der Waals surface area (Å²) in [6, 6.07) is 18.9. The molecule has 9 heteroatoms. The summed E-state index contributed by atoms with van der Waals surface area (Å²) in [7, 11) is 0. The second-order valence-electron chi connectivity index (χ2n) is 6.65. The molecule has 32 heavy (non-hydrogen) atoms. The Balaban J connectivity index is 1.52. The lowest BCUT2D eigenvalue weighted by molar-refractivity contribution is -0.113. The molecule has 0 saturated heterocycles. The lowest BCUT2D eigenvalue weighted by atomic mass is 10.2. The lowest BCUT2D eigenvalue weighted by Crippen LogP contribution is -2.14. The van der Waals surface area contributed by atoms with E-state index in [0.717, 1.165) is 21.5 Å². The van der Waals surface area contributed by atoms with Crippen molar-refractivity contribution in [3.05, 3.63) is 77.5 Å². The molecule has 1 N–H and O–H groups in total. The Kier molecular flexibility index (Phi) is 7.18. The van der Waals surface area contributed by atoms with E-state index in [4.69, 9.17) is 4.74 Å². The molecule has 162 valence electrons. The molecule has 0 unspecified atom stereocenters. The first-order valence-electron chi connectivity index (χ1n) is 9.91. The average Bonchev–Trinajstić information content (AvgIpc) is 3.24. The summed E-state index contributed by atoms with van der Waals surface area (Å²) in [6.07, 6.45) is 3.46. The van der Waals surface area contributed by atoms with Gasteiger partial charge in [-0.2, -0.15) is 0 Å². The molecule has 7 nitrogen and oxygen atoms in total. The van der Waals surface area contributed by atoms with Gasteiger partial charge in [-0.3, -0.25) is 14.3 Å². The smallest absolute Gasteiger partial charge is 0.234 e. The number of anilines is 1. The van der Waals surface area contributed by atoms with Gasteiger partial charge < -0.3 is 10.1 Å². The van der Waals surface area contributed by atoms with Gasteiger partial charge in [0.15, 0.2) is 11.0 Å². The standard InChI is InChI=1S/C23H20BrN5O2S/c1-2-31-20-11-7-18(8-12-20)26-21(30)15-32-23-28-27-22(16-4-3-13-25-14-16)29(23)19-9-5-17(24)6-10-19/h3-14H,2,15H2,1H3,(H,26,30). The van der Waals surface area contributed by atoms with Crippen molar-refractivity contribution in [3.8, 4) is 22.8 Å². The number of nitrogens with one attached hydrogen (secondary N) is 1. The Morgan fingerprint density at radius 1 is 1.09 bits per heavy atom. The molecule has 2 aromatic carbocycles. The Morgan fingerprint density at radius 3 is 2.56 bits per heavy atom. The number of halogens is 1. The minimum Gasteiger partial charge on any atom is -0.494 e. The van der Waals surface area contributed by atoms with Crippen LogP contribution in [0.1, 0.15) is 6.92 Å². The molecule has 0 atom stereocenters. The van der Waals surface area contributed by atoms with Crippen molar-refractivity contribution in [2.45, 2.75) is 12.1 Å². The molecule has 0 saturated carbocycles. The van der Waals surface area contributed by atoms with Gasteiger partial charge in [-0.05, 0) is 67.6 Å². The van der Waals surface area contributed by atoms with Crippen molar-refractivity contribution in [2.75, 3.05) is 17.7 Å². The third-order valence-electron chi connectivity index (χ3n) is 4.42. The second kappa shape index (κ2) is 10.4. The number of thioether (sulfide) groups is 1. The van der Waals surface area contributed by atoms with Gasteiger partial charge >= 0.3 is 0 Å². The normalized spacial score (nSPS) is 10.7. The third kappa shape index (κ3) is 5.35. The number of carbonyl (C=O) groups is 1. The van der Waals surface area contributed by atoms with E-state index in [1.54, 1.807) is 12.4 Å². The number of nitrogens with zero attached hydrogens (tertiary/aromatic N) is 4. The Labute approximate surface area is 198 Å². The monoisotopic (exact) mass is 509 g/mol. The molecular formula is C23H20BrN5O2S. The third-order valence-corrected chi connectivity index (χ3v) is 5.88. The maximum absolute atomic E-state index is 12.5. The summed E-state index contributed by atoms with van der Waals surface area (Å²) in [5.74, 6) is 1.49. The number of hydrogen-bond donors (Lipinski definition) is 1. The van der Waals surface area contributed by atoms with Crippen LogP contribution in [0.4, 0.5) is 5.69 Å². The van der Waals surface area contributed by atoms with Crippen molar-refractivity contribution < 1.29 is 9.53 Å². The molecule has 2 heterocycles. The first-order chi connectivity index (χ1) is 15.6. The Morgan fingerprint density at radius 2 is 1.88 bits per heavy atom. The van der Waals surface area contributed by atoms with Gasteiger partial charge in [0, 0.05) is 33.8 Å². The first-order valence-corrected chi connectivity index (χ1v) is 11.7. The number of ether oxygens (including phenoxy) is 1. The van der Waals surface area contributed by atoms with Crippen LogP contribution in [0.3, 0.4) is 0 Å². The van der Waals surface area contributed by atoms with Crippen molar-refractivity contribution >= 4 is 39.3 Å². The lowest BCUT2D eigenvalue weighted by Gasteiger charge is -2.11. The van der Waals surface area contributed by atoms with E-state index in [0.29, 0.717) is 23.3 Å². The molecule has 0 bridgehead atoms. The number of hydrogen-bond acceptors (Lipinski definition) is 6. The van der Waals surface area contributed by atoms with Gasteiger partial charge in [0.25, 0.3) is 0 Å². The molecule has 0 aliphatic heterocycles. The van der Waals surface area contributed by atoms with Crippen LogP contribution in [0.15, 0.2) is 82.7 Å². The van der Waals surface area contributed by atoms with Crippen LogP contribution in [0.5, 0.6) is 5.75 Å². The van der Waals surface area contributed by atoms with Crippen LogP contribution in [0.25, 0.3) is 17.1 Å². The van der Waals surface area contributed by atoms with Gasteiger partial charge in [0.1, 0.15) is 5.75 Å². The van der Waals surface area contributed by atoms with Crippen molar-refractivity contribution in [1.82, 2.24) is 19.7 Å². The van der Waals surface area contributed by atoms with Crippen LogP contribution in [0, 0.1) is 0 Å². The maximum atomic E-state index is 12.5. The van der Waals surface area contributed by atoms with E-state index < -0.39 is 0 Å². The highest BCUT2D eigenvalue weighted by Gasteiger charge is 2.17. The Hall–Kier alpha value is -3.17. The molecule has 0 spiro atoms. The van der Waals surface area contributed by atoms with Gasteiger partial charge in [-0.25, -0.2) is 0 Å². The number of amides is 1. The molecule has 4 aromatic rings. The van der Waals surface area contributed by atoms with E-state index in [-0.39, 0.29) is 11.7 Å². The summed E-state index contributed by atoms with van der Waals surface area (Å²) < 4.78 is 8.33. The molecule has 0 radical (unpaired) electrons. The number of benzene rings is 2. The topological polar surface area (TPSA) is 81.9 Å². The minimum atomic E-state index is -0.132. The fraction of sp³-hybridized carbons (Fsp3) is 0.130. The van der Waals surface area contributed by atoms with E-state index in [2.05, 4.69) is 36.4 Å². The number of aromatic nitrogens is 4. The zero-order chi connectivity index (χ0) is 22.3. The number of pyridine rings is 1. The molecule has 2 aromatic heterocycles. The van der Waals surface area contributed by atoms with E-state index in [1.807, 2.05) is 72.2 Å². The zero-order valence-corrected chi connectivity index (χ0v) is 19.6. The Bertz CT molecular complexity index is 1180. The highest BCUT2D eigenvalue weighted by atomic mass is 79.9. The molecule has 0 aliphatic carbocycles. The number of carbonyl (C=O) groups excluding carboxylic acids is 1. The molecule has 0 fully saturated rings. The van der Waals surface area contributed by atoms with Crippen LogP contribution >= 0.6 is 27.7 Å². The summed E-state index contributed by atoms with van der Waals surface area (Å²) >= 11 is 4.79. The first kappa shape index (κ1) is 22.0. The van der Waals surface area contributed by atoms with Crippen molar-refractivity contribution in [2.24, 2.45) is 0 Å². The van der Waals surface area contributed by atoms with E-state index in [9.17, 15) is 4.79 Å². The summed E-state index contributed by atoms with van der Waals surface area (Å²) in [4.78, 5) is 16.7. The SMILES string of the molecule is CCOc1ccc(NC(=O)CSc2nnc(-c3cccnc3)n2-c2ccc(Br)cc2)cc1. The van der Waals surface area contributed by atoms with Gasteiger partial charge in [-0.15, -0.1) is 10.2 Å². The van der Waals surface area contributed by atoms with Crippen LogP contribution in [0.2, 0.25) is 0 Å². The van der Waals surface area contributed by atoms with Gasteiger partial charge in [0.2, 0.25) is 5.91 Å². The predicted molar refractivity (Wildman–Crippen MR) is 129 cm³/mol. The summed E-state index contributed by atoms with van der Waals surface area (Å²) in [5, 5.41) is 12.2. The molecular weight excluding hydrogens is 490 g/mol. The minimum absolute atomic E-state index is 0.132. The largest absolute Gasteiger partial charge is 0.494 e. The quantitative estimate of drug-likeness (QED) is 0.328. The van der Waals surface area contributed by atoms with Crippen LogP contribution < -0.4 is 10.1 Å². The van der Waals surface area contributed by atoms with Crippen molar-refractivity contribution in [1.29, 1.82) is 0 Å². The van der Waals surface area contributed by atoms with Crippen LogP contribution in [-0.2, 0) is 4.79 Å². The fourth-order valence-corrected chi connectivity index (χ4v) is 4.01. The van der Waals surface area contributed by atoms with Gasteiger partial charge in [-0.1, -0.05) is 27.7 Å². The highest BCUT2D eigenvalue weighted by Crippen LogP contribution is 2.28. The van der Waals surface area contributed by atoms with E-state index >= 15 is 0 Å². The van der Waals surface area contributed by atoms with E-state index in [1.165, 1.54) is 11.8 Å². The van der Waals surface area contributed by atoms with Crippen LogP contribution in [-0.4, -0.2) is 38.0 Å². The highest BCUT2D eigenvalue weighted by molar-refractivity contribution is 9.10. The fourth-order valence-electron chi connectivity index (χ4n) is 3.00. The van der Waals surface area contributed by atoms with Crippen molar-refractivity contribution in [3.63, 3.8) is 0 Å². The predicted octanol–water partition coefficient (Wildman–Crippen LogP) is 5.22. The second-order valence-corrected chi connectivity index (χ2v) is 8.51. The number of rotatable bonds is 8. The maximum Gasteiger partial charge on any atom is 0.234 e. The van der Waals surface area contributed by atoms with Gasteiger partial charge in [0.05, 0.1) is 12.4 Å². The average molecular weight is 510 g/mol. The summed E-state index contributed by atoms with van der Waals surface area (Å²) in [5.41, 5.74) is 2.45. The zero-order valence-electron chi connectivity index (χ0n) is 17.2. The summed E-state index contributed by atoms with van der Waals surface area (Å²) in [6.45, 7) is 2.53. The molecule has 4 rings (SSSR count).